The molecular weight excluding hydrogens is 370 g/mol. The molecule has 1 unspecified atom stereocenters. The first kappa shape index (κ1) is 21.2. The van der Waals surface area contributed by atoms with E-state index in [1.165, 1.54) is 25.7 Å². The summed E-state index contributed by atoms with van der Waals surface area (Å²) in [6, 6.07) is 7.44. The van der Waals surface area contributed by atoms with Crippen molar-refractivity contribution in [3.05, 3.63) is 30.0 Å². The minimum atomic E-state index is -0.220. The third kappa shape index (κ3) is 5.29. The first-order chi connectivity index (χ1) is 14.2. The van der Waals surface area contributed by atoms with Crippen LogP contribution in [0.4, 0.5) is 0 Å². The van der Waals surface area contributed by atoms with Gasteiger partial charge in [0.1, 0.15) is 11.5 Å². The van der Waals surface area contributed by atoms with Gasteiger partial charge in [-0.3, -0.25) is 9.69 Å². The highest BCUT2D eigenvalue weighted by atomic mass is 16.5. The standard InChI is InChI=1S/C22H31N3O4/c1-4-5-11-25-12-7-6-8-16(25)15-23-22(26)19-14-21(29-24-19)18-13-17(27-2)9-10-20(18)28-3/h9-10,13-14,16H,4-8,11-12,15H2,1-3H3,(H,23,26). The van der Waals surface area contributed by atoms with Gasteiger partial charge >= 0.3 is 0 Å². The Hall–Kier alpha value is -2.54. The average Bonchev–Trinajstić information content (AvgIpc) is 3.26. The summed E-state index contributed by atoms with van der Waals surface area (Å²) >= 11 is 0. The van der Waals surface area contributed by atoms with E-state index in [2.05, 4.69) is 22.3 Å². The van der Waals surface area contributed by atoms with Crippen molar-refractivity contribution in [2.75, 3.05) is 33.9 Å². The Morgan fingerprint density at radius 3 is 2.90 bits per heavy atom. The number of methoxy groups -OCH3 is 2. The van der Waals surface area contributed by atoms with Crippen LogP contribution in [0.3, 0.4) is 0 Å². The molecule has 7 heteroatoms. The van der Waals surface area contributed by atoms with Crippen LogP contribution < -0.4 is 14.8 Å². The molecule has 0 aliphatic carbocycles. The molecule has 0 spiro atoms. The molecule has 1 aromatic carbocycles. The Morgan fingerprint density at radius 1 is 1.28 bits per heavy atom. The van der Waals surface area contributed by atoms with Gasteiger partial charge in [0.05, 0.1) is 19.8 Å². The van der Waals surface area contributed by atoms with Crippen LogP contribution in [-0.4, -0.2) is 55.9 Å². The van der Waals surface area contributed by atoms with Crippen LogP contribution in [0.15, 0.2) is 28.8 Å². The third-order valence-electron chi connectivity index (χ3n) is 5.46. The normalized spacial score (nSPS) is 17.1. The van der Waals surface area contributed by atoms with Gasteiger partial charge in [-0.05, 0) is 50.6 Å². The number of aromatic nitrogens is 1. The van der Waals surface area contributed by atoms with Crippen LogP contribution >= 0.6 is 0 Å². The Balaban J connectivity index is 1.65. The van der Waals surface area contributed by atoms with E-state index >= 15 is 0 Å². The lowest BCUT2D eigenvalue weighted by Crippen LogP contribution is -2.47. The zero-order chi connectivity index (χ0) is 20.6. The van der Waals surface area contributed by atoms with E-state index in [4.69, 9.17) is 14.0 Å². The van der Waals surface area contributed by atoms with Crippen molar-refractivity contribution >= 4 is 5.91 Å². The molecule has 1 fully saturated rings. The monoisotopic (exact) mass is 401 g/mol. The summed E-state index contributed by atoms with van der Waals surface area (Å²) in [5.74, 6) is 1.55. The van der Waals surface area contributed by atoms with Gasteiger partial charge in [-0.25, -0.2) is 0 Å². The molecule has 1 aliphatic rings. The van der Waals surface area contributed by atoms with E-state index in [1.807, 2.05) is 0 Å². The van der Waals surface area contributed by atoms with Gasteiger partial charge in [0.2, 0.25) is 0 Å². The van der Waals surface area contributed by atoms with Gasteiger partial charge in [0, 0.05) is 18.7 Å². The second-order valence-corrected chi connectivity index (χ2v) is 7.39. The summed E-state index contributed by atoms with van der Waals surface area (Å²) in [6.07, 6.45) is 5.95. The molecule has 0 bridgehead atoms. The number of benzene rings is 1. The van der Waals surface area contributed by atoms with Crippen LogP contribution in [0.5, 0.6) is 11.5 Å². The quantitative estimate of drug-likeness (QED) is 0.690. The van der Waals surface area contributed by atoms with E-state index in [1.54, 1.807) is 38.5 Å². The van der Waals surface area contributed by atoms with Crippen molar-refractivity contribution in [3.8, 4) is 22.8 Å². The molecule has 1 saturated heterocycles. The number of ether oxygens (including phenoxy) is 2. The number of nitrogens with one attached hydrogen (secondary N) is 1. The lowest BCUT2D eigenvalue weighted by atomic mass is 10.0. The van der Waals surface area contributed by atoms with Gasteiger partial charge in [0.15, 0.2) is 11.5 Å². The average molecular weight is 402 g/mol. The molecule has 1 aliphatic heterocycles. The number of hydrogen-bond acceptors (Lipinski definition) is 6. The van der Waals surface area contributed by atoms with Crippen molar-refractivity contribution < 1.29 is 18.8 Å². The van der Waals surface area contributed by atoms with Gasteiger partial charge in [-0.2, -0.15) is 0 Å². The molecule has 3 rings (SSSR count). The Bertz CT molecular complexity index is 805. The zero-order valence-electron chi connectivity index (χ0n) is 17.6. The maximum Gasteiger partial charge on any atom is 0.273 e. The minimum absolute atomic E-state index is 0.220. The van der Waals surface area contributed by atoms with E-state index in [-0.39, 0.29) is 11.6 Å². The Morgan fingerprint density at radius 2 is 2.14 bits per heavy atom. The number of amides is 1. The van der Waals surface area contributed by atoms with Crippen LogP contribution in [0, 0.1) is 0 Å². The predicted octanol–water partition coefficient (Wildman–Crippen LogP) is 3.74. The lowest BCUT2D eigenvalue weighted by Gasteiger charge is -2.35. The zero-order valence-corrected chi connectivity index (χ0v) is 17.6. The summed E-state index contributed by atoms with van der Waals surface area (Å²) in [7, 11) is 3.18. The van der Waals surface area contributed by atoms with Crippen LogP contribution in [0.1, 0.15) is 49.5 Å². The van der Waals surface area contributed by atoms with Crippen molar-refractivity contribution in [2.45, 2.75) is 45.1 Å². The molecule has 0 radical (unpaired) electrons. The number of hydrogen-bond donors (Lipinski definition) is 1. The summed E-state index contributed by atoms with van der Waals surface area (Å²) in [5, 5.41) is 6.99. The van der Waals surface area contributed by atoms with E-state index in [9.17, 15) is 4.79 Å². The van der Waals surface area contributed by atoms with Gasteiger partial charge in [-0.15, -0.1) is 0 Å². The molecule has 158 valence electrons. The molecule has 1 aromatic heterocycles. The number of unbranched alkanes of at least 4 members (excludes halogenated alkanes) is 1. The maximum atomic E-state index is 12.6. The fourth-order valence-electron chi connectivity index (χ4n) is 3.76. The fourth-order valence-corrected chi connectivity index (χ4v) is 3.76. The number of carbonyl (C=O) groups excluding carboxylic acids is 1. The predicted molar refractivity (Wildman–Crippen MR) is 111 cm³/mol. The van der Waals surface area contributed by atoms with Crippen molar-refractivity contribution in [2.24, 2.45) is 0 Å². The Kier molecular flexibility index (Phi) is 7.52. The summed E-state index contributed by atoms with van der Waals surface area (Å²) in [4.78, 5) is 15.1. The van der Waals surface area contributed by atoms with E-state index < -0.39 is 0 Å². The smallest absolute Gasteiger partial charge is 0.273 e. The van der Waals surface area contributed by atoms with E-state index in [0.29, 0.717) is 35.4 Å². The molecule has 0 saturated carbocycles. The first-order valence-corrected chi connectivity index (χ1v) is 10.4. The highest BCUT2D eigenvalue weighted by Crippen LogP contribution is 2.33. The second kappa shape index (κ2) is 10.3. The van der Waals surface area contributed by atoms with Gasteiger partial charge < -0.3 is 19.3 Å². The Labute approximate surface area is 172 Å². The third-order valence-corrected chi connectivity index (χ3v) is 5.46. The topological polar surface area (TPSA) is 76.8 Å². The maximum absolute atomic E-state index is 12.6. The van der Waals surface area contributed by atoms with E-state index in [0.717, 1.165) is 19.5 Å². The molecule has 1 atom stereocenters. The van der Waals surface area contributed by atoms with Crippen LogP contribution in [0.2, 0.25) is 0 Å². The molecule has 7 nitrogen and oxygen atoms in total. The number of piperidine rings is 1. The van der Waals surface area contributed by atoms with Gasteiger partial charge in [0.25, 0.3) is 5.91 Å². The van der Waals surface area contributed by atoms with Crippen molar-refractivity contribution in [1.29, 1.82) is 0 Å². The summed E-state index contributed by atoms with van der Waals surface area (Å²) < 4.78 is 16.1. The number of rotatable bonds is 9. The first-order valence-electron chi connectivity index (χ1n) is 10.4. The van der Waals surface area contributed by atoms with Crippen molar-refractivity contribution in [3.63, 3.8) is 0 Å². The highest BCUT2D eigenvalue weighted by molar-refractivity contribution is 5.93. The SMILES string of the molecule is CCCCN1CCCCC1CNC(=O)c1cc(-c2cc(OC)ccc2OC)on1. The van der Waals surface area contributed by atoms with Crippen LogP contribution in [0.25, 0.3) is 11.3 Å². The van der Waals surface area contributed by atoms with Crippen molar-refractivity contribution in [1.82, 2.24) is 15.4 Å². The van der Waals surface area contributed by atoms with Crippen LogP contribution in [-0.2, 0) is 0 Å². The molecular formula is C22H31N3O4. The fraction of sp³-hybridized carbons (Fsp3) is 0.545. The molecule has 29 heavy (non-hydrogen) atoms. The van der Waals surface area contributed by atoms with Gasteiger partial charge in [-0.1, -0.05) is 24.9 Å². The molecule has 1 amide bonds. The lowest BCUT2D eigenvalue weighted by molar-refractivity contribution is 0.0904. The number of carbonyl (C=O) groups is 1. The largest absolute Gasteiger partial charge is 0.497 e. The minimum Gasteiger partial charge on any atom is -0.497 e. The highest BCUT2D eigenvalue weighted by Gasteiger charge is 2.23. The molecule has 2 heterocycles. The molecule has 1 N–H and O–H groups in total. The summed E-state index contributed by atoms with van der Waals surface area (Å²) in [5.41, 5.74) is 0.956. The second-order valence-electron chi connectivity index (χ2n) is 7.39. The number of likely N-dealkylation sites (tertiary alicyclic amines) is 1. The molecule has 2 aromatic rings. The summed E-state index contributed by atoms with van der Waals surface area (Å²) in [6.45, 7) is 5.05. The number of nitrogens with zero attached hydrogens (tertiary/aromatic N) is 2.